The van der Waals surface area contributed by atoms with Crippen molar-refractivity contribution < 1.29 is 14.5 Å². The lowest BCUT2D eigenvalue weighted by Crippen LogP contribution is -2.48. The van der Waals surface area contributed by atoms with E-state index in [1.54, 1.807) is 4.90 Å². The molecule has 8 heteroatoms. The first-order valence-electron chi connectivity index (χ1n) is 5.87. The molecular weight excluding hydrogens is 264 g/mol. The zero-order chi connectivity index (χ0) is 14.7. The molecular formula is C12H12N4O4. The number of non-ortho nitro benzene ring substituents is 1. The Morgan fingerprint density at radius 1 is 1.60 bits per heavy atom. The molecule has 0 aromatic heterocycles. The van der Waals surface area contributed by atoms with E-state index in [1.807, 2.05) is 6.07 Å². The number of carbonyl (C=O) groups excluding carboxylic acids is 1. The molecule has 1 aliphatic heterocycles. The standard InChI is InChI=1S/C12H12N4O4/c13-6-8-5-9(16(18)19)1-2-10(8)15-3-4-20-11(7-15)12(14)17/h1-2,5,11H,3-4,7H2,(H2,14,17). The fraction of sp³-hybridized carbons (Fsp3) is 0.333. The number of hydrogen-bond donors (Lipinski definition) is 1. The van der Waals surface area contributed by atoms with E-state index >= 15 is 0 Å². The first-order chi connectivity index (χ1) is 9.52. The number of nitriles is 1. The van der Waals surface area contributed by atoms with Gasteiger partial charge in [0.2, 0.25) is 5.91 Å². The summed E-state index contributed by atoms with van der Waals surface area (Å²) in [6, 6.07) is 5.97. The maximum atomic E-state index is 11.1. The number of morpholine rings is 1. The van der Waals surface area contributed by atoms with Crippen molar-refractivity contribution in [2.75, 3.05) is 24.6 Å². The minimum Gasteiger partial charge on any atom is -0.367 e. The van der Waals surface area contributed by atoms with Gasteiger partial charge in [0, 0.05) is 18.7 Å². The van der Waals surface area contributed by atoms with Crippen LogP contribution in [0.4, 0.5) is 11.4 Å². The molecule has 1 aromatic rings. The van der Waals surface area contributed by atoms with Crippen LogP contribution < -0.4 is 10.6 Å². The van der Waals surface area contributed by atoms with Crippen molar-refractivity contribution in [3.8, 4) is 6.07 Å². The number of nitro benzene ring substituents is 1. The van der Waals surface area contributed by atoms with E-state index in [9.17, 15) is 14.9 Å². The van der Waals surface area contributed by atoms with E-state index < -0.39 is 16.9 Å². The number of ether oxygens (including phenoxy) is 1. The monoisotopic (exact) mass is 276 g/mol. The van der Waals surface area contributed by atoms with Crippen LogP contribution in [0.2, 0.25) is 0 Å². The number of primary amides is 1. The molecule has 0 bridgehead atoms. The van der Waals surface area contributed by atoms with Gasteiger partial charge in [0.05, 0.1) is 29.3 Å². The van der Waals surface area contributed by atoms with Crippen LogP contribution >= 0.6 is 0 Å². The van der Waals surface area contributed by atoms with Crippen molar-refractivity contribution in [1.82, 2.24) is 0 Å². The number of hydrogen-bond acceptors (Lipinski definition) is 6. The average molecular weight is 276 g/mol. The Morgan fingerprint density at radius 2 is 2.35 bits per heavy atom. The van der Waals surface area contributed by atoms with Gasteiger partial charge in [0.1, 0.15) is 6.07 Å². The Kier molecular flexibility index (Phi) is 3.81. The topological polar surface area (TPSA) is 122 Å². The Bertz CT molecular complexity index is 596. The van der Waals surface area contributed by atoms with Gasteiger partial charge in [-0.25, -0.2) is 0 Å². The van der Waals surface area contributed by atoms with Crippen LogP contribution in [0.3, 0.4) is 0 Å². The summed E-state index contributed by atoms with van der Waals surface area (Å²) in [5.74, 6) is -0.574. The van der Waals surface area contributed by atoms with E-state index in [1.165, 1.54) is 18.2 Å². The van der Waals surface area contributed by atoms with Crippen LogP contribution in [-0.4, -0.2) is 36.6 Å². The molecule has 104 valence electrons. The number of carbonyl (C=O) groups is 1. The van der Waals surface area contributed by atoms with Crippen LogP contribution in [0, 0.1) is 21.4 Å². The van der Waals surface area contributed by atoms with Crippen LogP contribution in [-0.2, 0) is 9.53 Å². The SMILES string of the molecule is N#Cc1cc([N+](=O)[O-])ccc1N1CCOC(C(N)=O)C1. The van der Waals surface area contributed by atoms with Crippen LogP contribution in [0.5, 0.6) is 0 Å². The first-order valence-corrected chi connectivity index (χ1v) is 5.87. The summed E-state index contributed by atoms with van der Waals surface area (Å²) < 4.78 is 5.22. The number of rotatable bonds is 3. The van der Waals surface area contributed by atoms with Gasteiger partial charge < -0.3 is 15.4 Å². The molecule has 1 aromatic carbocycles. The van der Waals surface area contributed by atoms with E-state index in [4.69, 9.17) is 15.7 Å². The second-order valence-electron chi connectivity index (χ2n) is 4.28. The number of nitro groups is 1. The molecule has 0 aliphatic carbocycles. The number of benzene rings is 1. The van der Waals surface area contributed by atoms with Gasteiger partial charge in [-0.2, -0.15) is 5.26 Å². The van der Waals surface area contributed by atoms with Crippen molar-refractivity contribution in [3.63, 3.8) is 0 Å². The molecule has 1 unspecified atom stereocenters. The Balaban J connectivity index is 2.30. The van der Waals surface area contributed by atoms with Gasteiger partial charge in [-0.1, -0.05) is 0 Å². The Morgan fingerprint density at radius 3 is 2.95 bits per heavy atom. The number of nitrogens with two attached hydrogens (primary N) is 1. The number of amides is 1. The quantitative estimate of drug-likeness (QED) is 0.619. The minimum atomic E-state index is -0.745. The molecule has 1 amide bonds. The summed E-state index contributed by atoms with van der Waals surface area (Å²) in [7, 11) is 0. The minimum absolute atomic E-state index is 0.148. The summed E-state index contributed by atoms with van der Waals surface area (Å²) in [6.07, 6.45) is -0.745. The third-order valence-corrected chi connectivity index (χ3v) is 3.04. The van der Waals surface area contributed by atoms with Crippen molar-refractivity contribution >= 4 is 17.3 Å². The van der Waals surface area contributed by atoms with Gasteiger partial charge in [-0.3, -0.25) is 14.9 Å². The van der Waals surface area contributed by atoms with Gasteiger partial charge >= 0.3 is 0 Å². The Hall–Kier alpha value is -2.66. The summed E-state index contributed by atoms with van der Waals surface area (Å²) in [5.41, 5.74) is 5.77. The zero-order valence-corrected chi connectivity index (χ0v) is 10.5. The highest BCUT2D eigenvalue weighted by atomic mass is 16.6. The maximum Gasteiger partial charge on any atom is 0.270 e. The van der Waals surface area contributed by atoms with Gasteiger partial charge in [-0.15, -0.1) is 0 Å². The van der Waals surface area contributed by atoms with Gasteiger partial charge in [-0.05, 0) is 6.07 Å². The fourth-order valence-electron chi connectivity index (χ4n) is 2.04. The smallest absolute Gasteiger partial charge is 0.270 e. The molecule has 8 nitrogen and oxygen atoms in total. The van der Waals surface area contributed by atoms with E-state index in [-0.39, 0.29) is 17.8 Å². The summed E-state index contributed by atoms with van der Waals surface area (Å²) in [5, 5.41) is 19.8. The predicted octanol–water partition coefficient (Wildman–Crippen LogP) is 0.157. The Labute approximate surface area is 114 Å². The molecule has 2 N–H and O–H groups in total. The highest BCUT2D eigenvalue weighted by molar-refractivity contribution is 5.80. The average Bonchev–Trinajstić information content (AvgIpc) is 2.46. The second-order valence-corrected chi connectivity index (χ2v) is 4.28. The largest absolute Gasteiger partial charge is 0.367 e. The lowest BCUT2D eigenvalue weighted by atomic mass is 10.1. The predicted molar refractivity (Wildman–Crippen MR) is 69.0 cm³/mol. The van der Waals surface area contributed by atoms with Crippen LogP contribution in [0.25, 0.3) is 0 Å². The molecule has 1 aliphatic rings. The van der Waals surface area contributed by atoms with Crippen molar-refractivity contribution in [1.29, 1.82) is 5.26 Å². The molecule has 1 saturated heterocycles. The lowest BCUT2D eigenvalue weighted by molar-refractivity contribution is -0.384. The highest BCUT2D eigenvalue weighted by Crippen LogP contribution is 2.26. The molecule has 1 fully saturated rings. The molecule has 20 heavy (non-hydrogen) atoms. The van der Waals surface area contributed by atoms with E-state index in [0.717, 1.165) is 0 Å². The van der Waals surface area contributed by atoms with Crippen LogP contribution in [0.1, 0.15) is 5.56 Å². The zero-order valence-electron chi connectivity index (χ0n) is 10.5. The van der Waals surface area contributed by atoms with Gasteiger partial charge in [0.15, 0.2) is 6.10 Å². The maximum absolute atomic E-state index is 11.1. The highest BCUT2D eigenvalue weighted by Gasteiger charge is 2.26. The normalized spacial score (nSPS) is 18.4. The lowest BCUT2D eigenvalue weighted by Gasteiger charge is -2.33. The van der Waals surface area contributed by atoms with Gasteiger partial charge in [0.25, 0.3) is 5.69 Å². The molecule has 2 rings (SSSR count). The fourth-order valence-corrected chi connectivity index (χ4v) is 2.04. The third-order valence-electron chi connectivity index (χ3n) is 3.04. The molecule has 1 heterocycles. The van der Waals surface area contributed by atoms with Crippen LogP contribution in [0.15, 0.2) is 18.2 Å². The van der Waals surface area contributed by atoms with E-state index in [0.29, 0.717) is 18.8 Å². The molecule has 1 atom stereocenters. The number of anilines is 1. The molecule has 0 spiro atoms. The van der Waals surface area contributed by atoms with Crippen molar-refractivity contribution in [2.45, 2.75) is 6.10 Å². The first kappa shape index (κ1) is 13.8. The summed E-state index contributed by atoms with van der Waals surface area (Å²) >= 11 is 0. The van der Waals surface area contributed by atoms with E-state index in [2.05, 4.69) is 0 Å². The second kappa shape index (κ2) is 5.54. The molecule has 0 saturated carbocycles. The van der Waals surface area contributed by atoms with Crippen molar-refractivity contribution in [2.24, 2.45) is 5.73 Å². The van der Waals surface area contributed by atoms with Crippen molar-refractivity contribution in [3.05, 3.63) is 33.9 Å². The summed E-state index contributed by atoms with van der Waals surface area (Å²) in [6.45, 7) is 1.01. The summed E-state index contributed by atoms with van der Waals surface area (Å²) in [4.78, 5) is 23.1. The number of nitrogens with zero attached hydrogens (tertiary/aromatic N) is 3. The third kappa shape index (κ3) is 2.67. The molecule has 0 radical (unpaired) electrons.